The molecule has 0 aliphatic carbocycles. The van der Waals surface area contributed by atoms with Crippen molar-refractivity contribution in [2.75, 3.05) is 5.32 Å². The third kappa shape index (κ3) is 3.59. The number of carbonyl (C=O) groups is 1. The minimum Gasteiger partial charge on any atom is -0.322 e. The van der Waals surface area contributed by atoms with Gasteiger partial charge in [0.15, 0.2) is 0 Å². The number of hydrogen-bond donors (Lipinski definition) is 1. The van der Waals surface area contributed by atoms with Gasteiger partial charge < -0.3 is 5.32 Å². The lowest BCUT2D eigenvalue weighted by Gasteiger charge is -2.08. The molecule has 0 atom stereocenters. The molecule has 0 aromatic heterocycles. The number of nitrogens with zero attached hydrogens (tertiary/aromatic N) is 1. The zero-order chi connectivity index (χ0) is 15.6. The van der Waals surface area contributed by atoms with Crippen molar-refractivity contribution in [3.63, 3.8) is 0 Å². The van der Waals surface area contributed by atoms with Gasteiger partial charge in [-0.05, 0) is 36.8 Å². The van der Waals surface area contributed by atoms with E-state index >= 15 is 0 Å². The molecule has 1 amide bonds. The van der Waals surface area contributed by atoms with Gasteiger partial charge in [-0.15, -0.1) is 0 Å². The third-order valence-electron chi connectivity index (χ3n) is 2.85. The zero-order valence-electron chi connectivity index (χ0n) is 10.9. The number of rotatable bonds is 3. The Kier molecular flexibility index (Phi) is 4.59. The number of nitrogens with one attached hydrogen (secondary N) is 1. The number of amides is 1. The maximum Gasteiger partial charge on any atom is 0.288 e. The molecule has 1 N–H and O–H groups in total. The molecule has 2 rings (SSSR count). The fraction of sp³-hybridized carbons (Fsp3) is 0.0714. The summed E-state index contributed by atoms with van der Waals surface area (Å²) < 4.78 is 0.792. The average molecular weight is 370 g/mol. The Morgan fingerprint density at radius 3 is 2.62 bits per heavy atom. The second kappa shape index (κ2) is 6.24. The highest BCUT2D eigenvalue weighted by Crippen LogP contribution is 2.27. The first-order valence-electron chi connectivity index (χ1n) is 5.90. The van der Waals surface area contributed by atoms with Crippen LogP contribution in [0.5, 0.6) is 0 Å². The lowest BCUT2D eigenvalue weighted by molar-refractivity contribution is -0.384. The predicted molar refractivity (Wildman–Crippen MR) is 84.9 cm³/mol. The molecule has 0 aliphatic rings. The first-order chi connectivity index (χ1) is 9.88. The quantitative estimate of drug-likeness (QED) is 0.636. The minimum absolute atomic E-state index is 0.0243. The normalized spacial score (nSPS) is 10.2. The number of aryl methyl sites for hydroxylation is 1. The molecule has 2 aromatic carbocycles. The van der Waals surface area contributed by atoms with E-state index < -0.39 is 4.92 Å². The second-order valence-corrected chi connectivity index (χ2v) is 5.66. The van der Waals surface area contributed by atoms with Crippen LogP contribution >= 0.6 is 27.5 Å². The number of nitro benzene ring substituents is 1. The number of nitro groups is 1. The van der Waals surface area contributed by atoms with Gasteiger partial charge >= 0.3 is 0 Å². The fourth-order valence-corrected chi connectivity index (χ4v) is 2.38. The van der Waals surface area contributed by atoms with E-state index in [0.717, 1.165) is 10.0 Å². The van der Waals surface area contributed by atoms with Gasteiger partial charge in [0, 0.05) is 21.8 Å². The van der Waals surface area contributed by atoms with E-state index in [-0.39, 0.29) is 16.6 Å². The molecule has 7 heteroatoms. The van der Waals surface area contributed by atoms with Crippen molar-refractivity contribution in [1.29, 1.82) is 0 Å². The summed E-state index contributed by atoms with van der Waals surface area (Å²) in [5, 5.41) is 13.3. The van der Waals surface area contributed by atoms with Crippen molar-refractivity contribution in [3.05, 3.63) is 67.1 Å². The Bertz CT molecular complexity index is 734. The maximum atomic E-state index is 12.2. The SMILES string of the molecule is Cc1ccc(Br)cc1C(=O)Nc1ccc([N+](=O)[O-])c(Cl)c1. The number of hydrogen-bond acceptors (Lipinski definition) is 3. The van der Waals surface area contributed by atoms with E-state index in [1.54, 1.807) is 6.07 Å². The van der Waals surface area contributed by atoms with Gasteiger partial charge in [-0.25, -0.2) is 0 Å². The monoisotopic (exact) mass is 368 g/mol. The lowest BCUT2D eigenvalue weighted by atomic mass is 10.1. The van der Waals surface area contributed by atoms with Gasteiger partial charge in [0.05, 0.1) is 4.92 Å². The molecule has 2 aromatic rings. The van der Waals surface area contributed by atoms with Gasteiger partial charge in [0.1, 0.15) is 5.02 Å². The molecule has 108 valence electrons. The van der Waals surface area contributed by atoms with Gasteiger partial charge in [-0.2, -0.15) is 0 Å². The lowest BCUT2D eigenvalue weighted by Crippen LogP contribution is -2.13. The first-order valence-corrected chi connectivity index (χ1v) is 7.07. The summed E-state index contributed by atoms with van der Waals surface area (Å²) in [6.07, 6.45) is 0. The second-order valence-electron chi connectivity index (χ2n) is 4.34. The minimum atomic E-state index is -0.577. The number of halogens is 2. The summed E-state index contributed by atoms with van der Waals surface area (Å²) in [5.74, 6) is -0.307. The molecule has 5 nitrogen and oxygen atoms in total. The Morgan fingerprint density at radius 2 is 2.00 bits per heavy atom. The number of benzene rings is 2. The summed E-state index contributed by atoms with van der Waals surface area (Å²) in [6, 6.07) is 9.42. The van der Waals surface area contributed by atoms with Crippen molar-refractivity contribution >= 4 is 44.8 Å². The number of carbonyl (C=O) groups excluding carboxylic acids is 1. The Balaban J connectivity index is 2.26. The van der Waals surface area contributed by atoms with Gasteiger partial charge in [0.25, 0.3) is 11.6 Å². The fourth-order valence-electron chi connectivity index (χ4n) is 1.77. The predicted octanol–water partition coefficient (Wildman–Crippen LogP) is 4.57. The van der Waals surface area contributed by atoms with Crippen LogP contribution in [-0.4, -0.2) is 10.8 Å². The van der Waals surface area contributed by atoms with Gasteiger partial charge in [-0.1, -0.05) is 33.6 Å². The highest BCUT2D eigenvalue weighted by atomic mass is 79.9. The standard InChI is InChI=1S/C14H10BrClN2O3/c1-8-2-3-9(15)6-11(8)14(19)17-10-4-5-13(18(20)21)12(16)7-10/h2-7H,1H3,(H,17,19). The van der Waals surface area contributed by atoms with Crippen LogP contribution in [-0.2, 0) is 0 Å². The van der Waals surface area contributed by atoms with Crippen molar-refractivity contribution in [2.45, 2.75) is 6.92 Å². The van der Waals surface area contributed by atoms with E-state index in [1.807, 2.05) is 19.1 Å². The Morgan fingerprint density at radius 1 is 1.29 bits per heavy atom. The Labute approximate surface area is 134 Å². The third-order valence-corrected chi connectivity index (χ3v) is 3.64. The molecule has 0 radical (unpaired) electrons. The molecule has 0 unspecified atom stereocenters. The van der Waals surface area contributed by atoms with E-state index in [4.69, 9.17) is 11.6 Å². The Hall–Kier alpha value is -1.92. The summed E-state index contributed by atoms with van der Waals surface area (Å²) in [6.45, 7) is 1.82. The summed E-state index contributed by atoms with van der Waals surface area (Å²) in [5.41, 5.74) is 1.53. The van der Waals surface area contributed by atoms with E-state index in [9.17, 15) is 14.9 Å². The van der Waals surface area contributed by atoms with Crippen molar-refractivity contribution < 1.29 is 9.72 Å². The molecule has 0 fully saturated rings. The van der Waals surface area contributed by atoms with E-state index in [1.165, 1.54) is 18.2 Å². The summed E-state index contributed by atoms with van der Waals surface area (Å²) in [4.78, 5) is 22.3. The van der Waals surface area contributed by atoms with Crippen molar-refractivity contribution in [1.82, 2.24) is 0 Å². The molecule has 0 bridgehead atoms. The highest BCUT2D eigenvalue weighted by molar-refractivity contribution is 9.10. The average Bonchev–Trinajstić information content (AvgIpc) is 2.41. The van der Waals surface area contributed by atoms with E-state index in [2.05, 4.69) is 21.2 Å². The molecule has 0 saturated carbocycles. The topological polar surface area (TPSA) is 72.2 Å². The molecule has 0 aliphatic heterocycles. The van der Waals surface area contributed by atoms with Crippen LogP contribution in [0.4, 0.5) is 11.4 Å². The van der Waals surface area contributed by atoms with Gasteiger partial charge in [0.2, 0.25) is 0 Å². The largest absolute Gasteiger partial charge is 0.322 e. The number of anilines is 1. The maximum absolute atomic E-state index is 12.2. The van der Waals surface area contributed by atoms with Crippen LogP contribution in [0, 0.1) is 17.0 Å². The molecule has 0 saturated heterocycles. The first kappa shape index (κ1) is 15.5. The smallest absolute Gasteiger partial charge is 0.288 e. The van der Waals surface area contributed by atoms with Crippen LogP contribution in [0.1, 0.15) is 15.9 Å². The molecule has 0 spiro atoms. The highest BCUT2D eigenvalue weighted by Gasteiger charge is 2.14. The van der Waals surface area contributed by atoms with Crippen LogP contribution in [0.2, 0.25) is 5.02 Å². The molecular weight excluding hydrogens is 360 g/mol. The van der Waals surface area contributed by atoms with Crippen molar-refractivity contribution in [2.24, 2.45) is 0 Å². The summed E-state index contributed by atoms with van der Waals surface area (Å²) in [7, 11) is 0. The molecule has 21 heavy (non-hydrogen) atoms. The van der Waals surface area contributed by atoms with Crippen LogP contribution in [0.15, 0.2) is 40.9 Å². The van der Waals surface area contributed by atoms with Crippen molar-refractivity contribution in [3.8, 4) is 0 Å². The van der Waals surface area contributed by atoms with E-state index in [0.29, 0.717) is 11.3 Å². The zero-order valence-corrected chi connectivity index (χ0v) is 13.2. The van der Waals surface area contributed by atoms with Crippen LogP contribution in [0.3, 0.4) is 0 Å². The van der Waals surface area contributed by atoms with Crippen LogP contribution < -0.4 is 5.32 Å². The van der Waals surface area contributed by atoms with Crippen LogP contribution in [0.25, 0.3) is 0 Å². The molecular formula is C14H10BrClN2O3. The van der Waals surface area contributed by atoms with Gasteiger partial charge in [-0.3, -0.25) is 14.9 Å². The summed E-state index contributed by atoms with van der Waals surface area (Å²) >= 11 is 9.12. The molecule has 0 heterocycles.